The van der Waals surface area contributed by atoms with E-state index in [2.05, 4.69) is 4.98 Å². The number of benzene rings is 2. The van der Waals surface area contributed by atoms with E-state index in [1.807, 2.05) is 6.07 Å². The van der Waals surface area contributed by atoms with Crippen LogP contribution in [0.4, 0.5) is 0 Å². The maximum atomic E-state index is 12.7. The summed E-state index contributed by atoms with van der Waals surface area (Å²) in [7, 11) is 0. The zero-order valence-electron chi connectivity index (χ0n) is 12.9. The normalized spacial score (nSPS) is 10.8. The molecule has 1 aromatic heterocycles. The van der Waals surface area contributed by atoms with Gasteiger partial charge in [-0.3, -0.25) is 14.2 Å². The predicted molar refractivity (Wildman–Crippen MR) is 96.3 cm³/mol. The highest BCUT2D eigenvalue weighted by atomic mass is 35.5. The summed E-state index contributed by atoms with van der Waals surface area (Å²) in [4.78, 5) is 27.7. The molecule has 0 atom stereocenters. The van der Waals surface area contributed by atoms with E-state index in [0.29, 0.717) is 26.7 Å². The molecule has 128 valence electrons. The number of hydrogen-bond donors (Lipinski definition) is 1. The maximum absolute atomic E-state index is 12.7. The van der Waals surface area contributed by atoms with Gasteiger partial charge < -0.3 is 10.5 Å². The number of rotatable bonds is 5. The molecule has 0 fully saturated rings. The maximum Gasteiger partial charge on any atom is 0.261 e. The molecule has 0 aliphatic heterocycles. The molecule has 0 aliphatic rings. The molecule has 2 N–H and O–H groups in total. The van der Waals surface area contributed by atoms with Crippen LogP contribution in [0.2, 0.25) is 10.0 Å². The number of carbonyl (C=O) groups is 1. The highest BCUT2D eigenvalue weighted by Crippen LogP contribution is 2.24. The van der Waals surface area contributed by atoms with Crippen LogP contribution in [0.5, 0.6) is 5.75 Å². The van der Waals surface area contributed by atoms with Crippen LogP contribution < -0.4 is 16.0 Å². The number of carbonyl (C=O) groups excluding carboxylic acids is 1. The average molecular weight is 378 g/mol. The number of aromatic nitrogens is 2. The monoisotopic (exact) mass is 377 g/mol. The molecule has 3 rings (SSSR count). The third kappa shape index (κ3) is 3.92. The zero-order chi connectivity index (χ0) is 18.0. The largest absolute Gasteiger partial charge is 0.484 e. The fourth-order valence-electron chi connectivity index (χ4n) is 2.39. The molecule has 0 radical (unpaired) electrons. The molecule has 0 aliphatic carbocycles. The highest BCUT2D eigenvalue weighted by Gasteiger charge is 2.10. The summed E-state index contributed by atoms with van der Waals surface area (Å²) in [6, 6.07) is 10.1. The Morgan fingerprint density at radius 2 is 2.04 bits per heavy atom. The van der Waals surface area contributed by atoms with Crippen LogP contribution >= 0.6 is 23.2 Å². The summed E-state index contributed by atoms with van der Waals surface area (Å²) in [5.74, 6) is -0.0710. The standard InChI is InChI=1S/C17H13Cl2N3O3/c18-11-5-13-16(14(19)6-11)21-9-22(17(13)24)7-10-2-1-3-12(4-10)25-8-15(20)23/h1-6,9H,7-8H2,(H2,20,23). The van der Waals surface area contributed by atoms with Crippen LogP contribution in [-0.2, 0) is 11.3 Å². The molecule has 25 heavy (non-hydrogen) atoms. The van der Waals surface area contributed by atoms with Gasteiger partial charge in [0.1, 0.15) is 5.75 Å². The van der Waals surface area contributed by atoms with Gasteiger partial charge in [-0.15, -0.1) is 0 Å². The topological polar surface area (TPSA) is 87.2 Å². The second-order valence-corrected chi connectivity index (χ2v) is 6.21. The van der Waals surface area contributed by atoms with E-state index in [1.165, 1.54) is 10.9 Å². The van der Waals surface area contributed by atoms with Gasteiger partial charge in [-0.25, -0.2) is 4.98 Å². The van der Waals surface area contributed by atoms with Gasteiger partial charge in [-0.2, -0.15) is 0 Å². The molecule has 1 amide bonds. The van der Waals surface area contributed by atoms with E-state index in [0.717, 1.165) is 5.56 Å². The van der Waals surface area contributed by atoms with Gasteiger partial charge in [-0.05, 0) is 29.8 Å². The van der Waals surface area contributed by atoms with E-state index in [1.54, 1.807) is 30.3 Å². The zero-order valence-corrected chi connectivity index (χ0v) is 14.4. The first kappa shape index (κ1) is 17.3. The molecule has 8 heteroatoms. The predicted octanol–water partition coefficient (Wildman–Crippen LogP) is 2.62. The fourth-order valence-corrected chi connectivity index (χ4v) is 2.93. The van der Waals surface area contributed by atoms with Gasteiger partial charge in [0.25, 0.3) is 11.5 Å². The van der Waals surface area contributed by atoms with E-state index < -0.39 is 5.91 Å². The minimum Gasteiger partial charge on any atom is -0.484 e. The lowest BCUT2D eigenvalue weighted by molar-refractivity contribution is -0.119. The summed E-state index contributed by atoms with van der Waals surface area (Å²) < 4.78 is 6.71. The molecule has 0 unspecified atom stereocenters. The van der Waals surface area contributed by atoms with Crippen LogP contribution in [-0.4, -0.2) is 22.1 Å². The van der Waals surface area contributed by atoms with Crippen molar-refractivity contribution < 1.29 is 9.53 Å². The summed E-state index contributed by atoms with van der Waals surface area (Å²) in [5.41, 5.74) is 6.02. The molecule has 0 saturated carbocycles. The SMILES string of the molecule is NC(=O)COc1cccc(Cn2cnc3c(Cl)cc(Cl)cc3c2=O)c1. The highest BCUT2D eigenvalue weighted by molar-refractivity contribution is 6.38. The Labute approximate surface area is 152 Å². The molecular weight excluding hydrogens is 365 g/mol. The van der Waals surface area contributed by atoms with Crippen LogP contribution in [0.15, 0.2) is 47.5 Å². The van der Waals surface area contributed by atoms with Crippen molar-refractivity contribution in [3.8, 4) is 5.75 Å². The minimum absolute atomic E-state index is 0.210. The fraction of sp³-hybridized carbons (Fsp3) is 0.118. The summed E-state index contributed by atoms with van der Waals surface area (Å²) >= 11 is 12.1. The molecule has 2 aromatic carbocycles. The van der Waals surface area contributed by atoms with Crippen molar-refractivity contribution in [3.63, 3.8) is 0 Å². The first-order chi connectivity index (χ1) is 11.9. The number of primary amides is 1. The van der Waals surface area contributed by atoms with Gasteiger partial charge in [-0.1, -0.05) is 35.3 Å². The quantitative estimate of drug-likeness (QED) is 0.740. The number of nitrogens with two attached hydrogens (primary N) is 1. The van der Waals surface area contributed by atoms with Crippen LogP contribution in [0.25, 0.3) is 10.9 Å². The number of nitrogens with zero attached hydrogens (tertiary/aromatic N) is 2. The molecule has 6 nitrogen and oxygen atoms in total. The first-order valence-corrected chi connectivity index (χ1v) is 8.04. The number of fused-ring (bicyclic) bond motifs is 1. The number of amides is 1. The Kier molecular flexibility index (Phi) is 4.92. The third-order valence-corrected chi connectivity index (χ3v) is 3.98. The van der Waals surface area contributed by atoms with Crippen molar-refractivity contribution >= 4 is 40.0 Å². The van der Waals surface area contributed by atoms with Gasteiger partial charge in [0, 0.05) is 5.02 Å². The van der Waals surface area contributed by atoms with E-state index in [-0.39, 0.29) is 18.7 Å². The van der Waals surface area contributed by atoms with E-state index in [9.17, 15) is 9.59 Å². The number of ether oxygens (including phenoxy) is 1. The van der Waals surface area contributed by atoms with Crippen molar-refractivity contribution in [1.82, 2.24) is 9.55 Å². The first-order valence-electron chi connectivity index (χ1n) is 7.28. The molecule has 0 spiro atoms. The Bertz CT molecular complexity index is 1020. The molecule has 0 saturated heterocycles. The van der Waals surface area contributed by atoms with Crippen molar-refractivity contribution in [3.05, 3.63) is 68.7 Å². The lowest BCUT2D eigenvalue weighted by Gasteiger charge is -2.09. The Morgan fingerprint density at radius 3 is 2.80 bits per heavy atom. The van der Waals surface area contributed by atoms with Gasteiger partial charge in [0.05, 0.1) is 28.8 Å². The summed E-state index contributed by atoms with van der Waals surface area (Å²) in [6.07, 6.45) is 1.43. The van der Waals surface area contributed by atoms with Crippen LogP contribution in [0.3, 0.4) is 0 Å². The van der Waals surface area contributed by atoms with Crippen molar-refractivity contribution in [2.75, 3.05) is 6.61 Å². The average Bonchev–Trinajstić information content (AvgIpc) is 2.56. The van der Waals surface area contributed by atoms with Crippen molar-refractivity contribution in [1.29, 1.82) is 0 Å². The molecule has 3 aromatic rings. The Balaban J connectivity index is 1.93. The number of hydrogen-bond acceptors (Lipinski definition) is 4. The molecule has 1 heterocycles. The van der Waals surface area contributed by atoms with Crippen LogP contribution in [0, 0.1) is 0 Å². The van der Waals surface area contributed by atoms with Gasteiger partial charge in [0.15, 0.2) is 6.61 Å². The second-order valence-electron chi connectivity index (χ2n) is 5.36. The van der Waals surface area contributed by atoms with E-state index >= 15 is 0 Å². The molecular formula is C17H13Cl2N3O3. The smallest absolute Gasteiger partial charge is 0.261 e. The third-order valence-electron chi connectivity index (χ3n) is 3.48. The summed E-state index contributed by atoms with van der Waals surface area (Å²) in [6.45, 7) is 0.0671. The second kappa shape index (κ2) is 7.13. The van der Waals surface area contributed by atoms with Crippen molar-refractivity contribution in [2.24, 2.45) is 5.73 Å². The van der Waals surface area contributed by atoms with Crippen LogP contribution in [0.1, 0.15) is 5.56 Å². The Hall–Kier alpha value is -2.57. The lowest BCUT2D eigenvalue weighted by atomic mass is 10.2. The summed E-state index contributed by atoms with van der Waals surface area (Å²) in [5, 5.41) is 1.05. The molecule has 0 bridgehead atoms. The van der Waals surface area contributed by atoms with Gasteiger partial charge in [0.2, 0.25) is 0 Å². The Morgan fingerprint density at radius 1 is 1.24 bits per heavy atom. The van der Waals surface area contributed by atoms with Gasteiger partial charge >= 0.3 is 0 Å². The van der Waals surface area contributed by atoms with Crippen molar-refractivity contribution in [2.45, 2.75) is 6.54 Å². The minimum atomic E-state index is -0.561. The number of halogens is 2. The van der Waals surface area contributed by atoms with E-state index in [4.69, 9.17) is 33.7 Å². The lowest BCUT2D eigenvalue weighted by Crippen LogP contribution is -2.21.